The summed E-state index contributed by atoms with van der Waals surface area (Å²) in [6, 6.07) is 5.40. The lowest BCUT2D eigenvalue weighted by Gasteiger charge is -2.31. The Bertz CT molecular complexity index is 866. The molecule has 1 aromatic rings. The quantitative estimate of drug-likeness (QED) is 0.841. The van der Waals surface area contributed by atoms with Gasteiger partial charge in [-0.3, -0.25) is 4.79 Å². The monoisotopic (exact) mass is 344 g/mol. The molecule has 1 aliphatic carbocycles. The van der Waals surface area contributed by atoms with Crippen molar-refractivity contribution in [3.8, 4) is 17.6 Å². The largest absolute Gasteiger partial charge is 0.454 e. The maximum absolute atomic E-state index is 12.5. The van der Waals surface area contributed by atoms with E-state index >= 15 is 0 Å². The highest BCUT2D eigenvalue weighted by atomic mass is 35.5. The van der Waals surface area contributed by atoms with Crippen molar-refractivity contribution in [3.63, 3.8) is 0 Å². The van der Waals surface area contributed by atoms with Crippen LogP contribution in [0.15, 0.2) is 34.9 Å². The van der Waals surface area contributed by atoms with E-state index in [9.17, 15) is 10.1 Å². The molecule has 122 valence electrons. The van der Waals surface area contributed by atoms with Crippen molar-refractivity contribution in [3.05, 3.63) is 45.5 Å². The SMILES string of the molecule is N#CC1=C(N)OC2=C(C(=O)CCC2)[C@H]1c1cc2c(cc1Cl)OCO2. The van der Waals surface area contributed by atoms with Gasteiger partial charge >= 0.3 is 0 Å². The highest BCUT2D eigenvalue weighted by Crippen LogP contribution is 2.48. The van der Waals surface area contributed by atoms with Gasteiger partial charge in [0.1, 0.15) is 17.4 Å². The molecule has 4 rings (SSSR count). The number of benzene rings is 1. The Labute approximate surface area is 143 Å². The van der Waals surface area contributed by atoms with Gasteiger partial charge in [0.2, 0.25) is 12.7 Å². The molecule has 24 heavy (non-hydrogen) atoms. The highest BCUT2D eigenvalue weighted by Gasteiger charge is 2.39. The Morgan fingerprint density at radius 1 is 1.25 bits per heavy atom. The number of nitriles is 1. The van der Waals surface area contributed by atoms with E-state index in [1.54, 1.807) is 12.1 Å². The minimum Gasteiger partial charge on any atom is -0.454 e. The van der Waals surface area contributed by atoms with E-state index in [1.165, 1.54) is 0 Å². The predicted molar refractivity (Wildman–Crippen MR) is 84.1 cm³/mol. The number of nitrogens with zero attached hydrogens (tertiary/aromatic N) is 1. The van der Waals surface area contributed by atoms with E-state index < -0.39 is 5.92 Å². The van der Waals surface area contributed by atoms with Crippen LogP contribution >= 0.6 is 11.6 Å². The number of halogens is 1. The van der Waals surface area contributed by atoms with Gasteiger partial charge in [0.25, 0.3) is 0 Å². The summed E-state index contributed by atoms with van der Waals surface area (Å²) >= 11 is 6.41. The molecule has 1 aromatic carbocycles. The Kier molecular flexibility index (Phi) is 3.39. The molecule has 0 amide bonds. The van der Waals surface area contributed by atoms with E-state index in [4.69, 9.17) is 31.5 Å². The maximum atomic E-state index is 12.5. The molecular weight excluding hydrogens is 332 g/mol. The summed E-state index contributed by atoms with van der Waals surface area (Å²) in [4.78, 5) is 12.5. The van der Waals surface area contributed by atoms with Crippen molar-refractivity contribution < 1.29 is 19.0 Å². The molecule has 0 unspecified atom stereocenters. The smallest absolute Gasteiger partial charge is 0.231 e. The van der Waals surface area contributed by atoms with Gasteiger partial charge in [-0.05, 0) is 18.1 Å². The van der Waals surface area contributed by atoms with E-state index in [1.807, 2.05) is 0 Å². The Morgan fingerprint density at radius 3 is 2.75 bits per heavy atom. The summed E-state index contributed by atoms with van der Waals surface area (Å²) in [5.74, 6) is 0.924. The van der Waals surface area contributed by atoms with Gasteiger partial charge in [-0.25, -0.2) is 0 Å². The molecule has 2 aliphatic heterocycles. The number of Topliss-reactive ketones (excluding diaryl/α,β-unsaturated/α-hetero) is 1. The lowest BCUT2D eigenvalue weighted by molar-refractivity contribution is -0.116. The van der Waals surface area contributed by atoms with E-state index in [2.05, 4.69) is 6.07 Å². The molecule has 1 atom stereocenters. The molecule has 0 saturated carbocycles. The molecule has 3 aliphatic rings. The predicted octanol–water partition coefficient (Wildman–Crippen LogP) is 2.88. The van der Waals surface area contributed by atoms with Crippen molar-refractivity contribution in [1.82, 2.24) is 0 Å². The third-order valence-electron chi connectivity index (χ3n) is 4.41. The van der Waals surface area contributed by atoms with E-state index in [-0.39, 0.29) is 24.0 Å². The Hall–Kier alpha value is -2.65. The van der Waals surface area contributed by atoms with Gasteiger partial charge in [0.15, 0.2) is 17.3 Å². The molecule has 0 saturated heterocycles. The summed E-state index contributed by atoms with van der Waals surface area (Å²) in [7, 11) is 0. The molecule has 2 heterocycles. The van der Waals surface area contributed by atoms with Crippen molar-refractivity contribution in [1.29, 1.82) is 5.26 Å². The van der Waals surface area contributed by atoms with Crippen LogP contribution in [0.1, 0.15) is 30.7 Å². The number of nitrogens with two attached hydrogens (primary N) is 1. The number of ketones is 1. The number of carbonyl (C=O) groups is 1. The highest BCUT2D eigenvalue weighted by molar-refractivity contribution is 6.31. The summed E-state index contributed by atoms with van der Waals surface area (Å²) in [6.45, 7) is 0.110. The van der Waals surface area contributed by atoms with Crippen LogP contribution in [0, 0.1) is 11.3 Å². The first-order chi connectivity index (χ1) is 11.6. The van der Waals surface area contributed by atoms with Gasteiger partial charge in [0, 0.05) is 29.5 Å². The standard InChI is InChI=1S/C17H13ClN2O4/c18-10-5-14-13(22-7-23-14)4-8(10)15-9(6-19)17(20)24-12-3-1-2-11(21)16(12)15/h4-5,15H,1-3,7,20H2/t15-/m0/s1. The van der Waals surface area contributed by atoms with Gasteiger partial charge in [0.05, 0.1) is 5.92 Å². The minimum atomic E-state index is -0.645. The van der Waals surface area contributed by atoms with E-state index in [0.717, 1.165) is 0 Å². The molecule has 2 N–H and O–H groups in total. The first-order valence-electron chi connectivity index (χ1n) is 7.53. The Balaban J connectivity index is 1.93. The zero-order chi connectivity index (χ0) is 16.8. The molecule has 0 spiro atoms. The van der Waals surface area contributed by atoms with Crippen LogP contribution in [0.3, 0.4) is 0 Å². The molecular formula is C17H13ClN2O4. The third kappa shape index (κ3) is 2.13. The molecule has 6 nitrogen and oxygen atoms in total. The van der Waals surface area contributed by atoms with E-state index in [0.29, 0.717) is 52.7 Å². The van der Waals surface area contributed by atoms with Crippen molar-refractivity contribution >= 4 is 17.4 Å². The van der Waals surface area contributed by atoms with Crippen LogP contribution in [0.5, 0.6) is 11.5 Å². The second-order valence-electron chi connectivity index (χ2n) is 5.77. The average Bonchev–Trinajstić information content (AvgIpc) is 3.00. The van der Waals surface area contributed by atoms with Crippen LogP contribution in [0.25, 0.3) is 0 Å². The fourth-order valence-electron chi connectivity index (χ4n) is 3.32. The van der Waals surface area contributed by atoms with Crippen molar-refractivity contribution in [2.45, 2.75) is 25.2 Å². The van der Waals surface area contributed by atoms with Crippen LogP contribution in [0.4, 0.5) is 0 Å². The first kappa shape index (κ1) is 14.9. The van der Waals surface area contributed by atoms with Gasteiger partial charge in [-0.2, -0.15) is 5.26 Å². The molecule has 0 fully saturated rings. The topological polar surface area (TPSA) is 94.6 Å². The maximum Gasteiger partial charge on any atom is 0.231 e. The molecule has 0 aromatic heterocycles. The van der Waals surface area contributed by atoms with Gasteiger partial charge < -0.3 is 19.9 Å². The second-order valence-corrected chi connectivity index (χ2v) is 6.17. The third-order valence-corrected chi connectivity index (χ3v) is 4.74. The fourth-order valence-corrected chi connectivity index (χ4v) is 3.58. The first-order valence-corrected chi connectivity index (χ1v) is 7.91. The summed E-state index contributed by atoms with van der Waals surface area (Å²) < 4.78 is 16.3. The Morgan fingerprint density at radius 2 is 2.00 bits per heavy atom. The average molecular weight is 345 g/mol. The lowest BCUT2D eigenvalue weighted by Crippen LogP contribution is -2.27. The number of hydrogen-bond donors (Lipinski definition) is 1. The zero-order valence-corrected chi connectivity index (χ0v) is 13.4. The number of carbonyl (C=O) groups excluding carboxylic acids is 1. The normalized spacial score (nSPS) is 22.2. The van der Waals surface area contributed by atoms with Gasteiger partial charge in [-0.1, -0.05) is 11.6 Å². The minimum absolute atomic E-state index is 0.0182. The van der Waals surface area contributed by atoms with Crippen molar-refractivity contribution in [2.24, 2.45) is 5.73 Å². The van der Waals surface area contributed by atoms with Crippen LogP contribution in [-0.2, 0) is 9.53 Å². The molecule has 7 heteroatoms. The fraction of sp³-hybridized carbons (Fsp3) is 0.294. The second kappa shape index (κ2) is 5.46. The summed E-state index contributed by atoms with van der Waals surface area (Å²) in [5, 5.41) is 9.94. The number of ether oxygens (including phenoxy) is 3. The van der Waals surface area contributed by atoms with Crippen LogP contribution in [0.2, 0.25) is 5.02 Å². The number of allylic oxidation sites excluding steroid dienone is 3. The van der Waals surface area contributed by atoms with Crippen LogP contribution in [-0.4, -0.2) is 12.6 Å². The number of hydrogen-bond acceptors (Lipinski definition) is 6. The van der Waals surface area contributed by atoms with Crippen molar-refractivity contribution in [2.75, 3.05) is 6.79 Å². The number of fused-ring (bicyclic) bond motifs is 1. The lowest BCUT2D eigenvalue weighted by atomic mass is 9.77. The molecule has 0 radical (unpaired) electrons. The number of rotatable bonds is 1. The zero-order valence-electron chi connectivity index (χ0n) is 12.6. The van der Waals surface area contributed by atoms with Gasteiger partial charge in [-0.15, -0.1) is 0 Å². The molecule has 0 bridgehead atoms. The summed E-state index contributed by atoms with van der Waals surface area (Å²) in [6.07, 6.45) is 1.73. The summed E-state index contributed by atoms with van der Waals surface area (Å²) in [5.41, 5.74) is 7.16. The van der Waals surface area contributed by atoms with Crippen LogP contribution < -0.4 is 15.2 Å².